The quantitative estimate of drug-likeness (QED) is 0.885. The standard InChI is InChI=1S/C21H30O3/c22-21(17-10-4-1-5-11-17,18-12-6-2-7-13-18)19-16-23-20(24-19)14-8-3-9-15-20/h1,4-5,10-11,18-19,22H,2-3,6-9,12-16H2/t19-,21-/m1/s1. The van der Waals surface area contributed by atoms with Gasteiger partial charge in [-0.05, 0) is 37.2 Å². The number of rotatable bonds is 3. The fourth-order valence-electron chi connectivity index (χ4n) is 5.06. The van der Waals surface area contributed by atoms with Crippen molar-refractivity contribution in [2.45, 2.75) is 81.7 Å². The lowest BCUT2D eigenvalue weighted by Crippen LogP contribution is -2.49. The molecule has 0 unspecified atom stereocenters. The van der Waals surface area contributed by atoms with Crippen LogP contribution in [0.5, 0.6) is 0 Å². The molecule has 1 spiro atoms. The van der Waals surface area contributed by atoms with Gasteiger partial charge in [-0.25, -0.2) is 0 Å². The van der Waals surface area contributed by atoms with E-state index in [0.717, 1.165) is 31.2 Å². The largest absolute Gasteiger partial charge is 0.382 e. The monoisotopic (exact) mass is 330 g/mol. The molecular weight excluding hydrogens is 300 g/mol. The Morgan fingerprint density at radius 2 is 1.58 bits per heavy atom. The van der Waals surface area contributed by atoms with Crippen LogP contribution >= 0.6 is 0 Å². The highest BCUT2D eigenvalue weighted by Crippen LogP contribution is 2.48. The van der Waals surface area contributed by atoms with E-state index in [1.54, 1.807) is 0 Å². The van der Waals surface area contributed by atoms with Gasteiger partial charge < -0.3 is 14.6 Å². The molecule has 1 heterocycles. The maximum atomic E-state index is 11.9. The first-order valence-corrected chi connectivity index (χ1v) is 9.83. The molecule has 1 saturated heterocycles. The van der Waals surface area contributed by atoms with Crippen molar-refractivity contribution >= 4 is 0 Å². The van der Waals surface area contributed by atoms with Gasteiger partial charge >= 0.3 is 0 Å². The van der Waals surface area contributed by atoms with Crippen LogP contribution in [-0.2, 0) is 15.1 Å². The van der Waals surface area contributed by atoms with Gasteiger partial charge in [0.1, 0.15) is 11.7 Å². The molecule has 0 bridgehead atoms. The molecule has 2 atom stereocenters. The zero-order valence-electron chi connectivity index (χ0n) is 14.6. The van der Waals surface area contributed by atoms with Crippen LogP contribution in [0.4, 0.5) is 0 Å². The van der Waals surface area contributed by atoms with Crippen LogP contribution in [0.25, 0.3) is 0 Å². The summed E-state index contributed by atoms with van der Waals surface area (Å²) >= 11 is 0. The molecule has 0 aromatic heterocycles. The number of hydrogen-bond acceptors (Lipinski definition) is 3. The van der Waals surface area contributed by atoms with Crippen molar-refractivity contribution in [1.29, 1.82) is 0 Å². The maximum Gasteiger partial charge on any atom is 0.169 e. The molecule has 1 aromatic carbocycles. The Morgan fingerprint density at radius 3 is 2.29 bits per heavy atom. The second-order valence-corrected chi connectivity index (χ2v) is 7.92. The summed E-state index contributed by atoms with van der Waals surface area (Å²) in [6, 6.07) is 10.2. The lowest BCUT2D eigenvalue weighted by atomic mass is 9.70. The minimum atomic E-state index is -0.928. The number of hydrogen-bond donors (Lipinski definition) is 1. The molecule has 0 amide bonds. The van der Waals surface area contributed by atoms with Crippen LogP contribution in [0.3, 0.4) is 0 Å². The Balaban J connectivity index is 1.63. The zero-order valence-corrected chi connectivity index (χ0v) is 14.6. The third-order valence-corrected chi connectivity index (χ3v) is 6.42. The summed E-state index contributed by atoms with van der Waals surface area (Å²) in [7, 11) is 0. The Labute approximate surface area is 145 Å². The summed E-state index contributed by atoms with van der Waals surface area (Å²) in [5.74, 6) is -0.165. The summed E-state index contributed by atoms with van der Waals surface area (Å²) in [5.41, 5.74) is 0.0705. The average Bonchev–Trinajstić information content (AvgIpc) is 3.07. The van der Waals surface area contributed by atoms with Crippen molar-refractivity contribution in [2.75, 3.05) is 6.61 Å². The highest BCUT2D eigenvalue weighted by atomic mass is 16.7. The lowest BCUT2D eigenvalue weighted by Gasteiger charge is -2.43. The van der Waals surface area contributed by atoms with Crippen molar-refractivity contribution in [1.82, 2.24) is 0 Å². The Kier molecular flexibility index (Phi) is 4.68. The molecule has 1 N–H and O–H groups in total. The Bertz CT molecular complexity index is 531. The highest BCUT2D eigenvalue weighted by molar-refractivity contribution is 5.26. The van der Waals surface area contributed by atoms with Gasteiger partial charge in [0.25, 0.3) is 0 Å². The molecule has 2 aliphatic carbocycles. The van der Waals surface area contributed by atoms with Gasteiger partial charge in [-0.15, -0.1) is 0 Å². The van der Waals surface area contributed by atoms with Crippen molar-refractivity contribution < 1.29 is 14.6 Å². The van der Waals surface area contributed by atoms with E-state index in [0.29, 0.717) is 6.61 Å². The van der Waals surface area contributed by atoms with E-state index < -0.39 is 11.4 Å². The summed E-state index contributed by atoms with van der Waals surface area (Å²) < 4.78 is 12.7. The Morgan fingerprint density at radius 1 is 0.917 bits per heavy atom. The first-order valence-electron chi connectivity index (χ1n) is 9.83. The average molecular weight is 330 g/mol. The predicted molar refractivity (Wildman–Crippen MR) is 93.6 cm³/mol. The minimum Gasteiger partial charge on any atom is -0.382 e. The molecule has 3 aliphatic rings. The van der Waals surface area contributed by atoms with Gasteiger partial charge in [-0.2, -0.15) is 0 Å². The van der Waals surface area contributed by atoms with Gasteiger partial charge in [-0.1, -0.05) is 56.0 Å². The van der Waals surface area contributed by atoms with Crippen LogP contribution < -0.4 is 0 Å². The molecule has 24 heavy (non-hydrogen) atoms. The highest BCUT2D eigenvalue weighted by Gasteiger charge is 2.54. The molecule has 4 rings (SSSR count). The second kappa shape index (κ2) is 6.78. The molecule has 1 aliphatic heterocycles. The van der Waals surface area contributed by atoms with Crippen LogP contribution in [0, 0.1) is 5.92 Å². The molecule has 1 aromatic rings. The van der Waals surface area contributed by atoms with Crippen molar-refractivity contribution in [3.05, 3.63) is 35.9 Å². The van der Waals surface area contributed by atoms with E-state index in [1.165, 1.54) is 38.5 Å². The molecule has 0 radical (unpaired) electrons. The number of ether oxygens (including phenoxy) is 2. The van der Waals surface area contributed by atoms with Gasteiger partial charge in [0.05, 0.1) is 6.61 Å². The Hall–Kier alpha value is -0.900. The third-order valence-electron chi connectivity index (χ3n) is 6.42. The van der Waals surface area contributed by atoms with Crippen LogP contribution in [0.15, 0.2) is 30.3 Å². The molecule has 3 fully saturated rings. The van der Waals surface area contributed by atoms with Gasteiger partial charge in [0, 0.05) is 12.8 Å². The summed E-state index contributed by atoms with van der Waals surface area (Å²) in [4.78, 5) is 0. The van der Waals surface area contributed by atoms with E-state index in [9.17, 15) is 5.11 Å². The lowest BCUT2D eigenvalue weighted by molar-refractivity contribution is -0.219. The minimum absolute atomic E-state index is 0.249. The SMILES string of the molecule is O[C@](c1ccccc1)(C1CCCCC1)[C@H]1COC2(CCCCC2)O1. The fraction of sp³-hybridized carbons (Fsp3) is 0.714. The molecule has 2 saturated carbocycles. The van der Waals surface area contributed by atoms with Gasteiger partial charge in [-0.3, -0.25) is 0 Å². The van der Waals surface area contributed by atoms with E-state index in [4.69, 9.17) is 9.47 Å². The van der Waals surface area contributed by atoms with E-state index in [-0.39, 0.29) is 12.0 Å². The van der Waals surface area contributed by atoms with E-state index in [1.807, 2.05) is 18.2 Å². The number of aliphatic hydroxyl groups is 1. The van der Waals surface area contributed by atoms with Crippen molar-refractivity contribution in [3.63, 3.8) is 0 Å². The van der Waals surface area contributed by atoms with Crippen molar-refractivity contribution in [3.8, 4) is 0 Å². The maximum absolute atomic E-state index is 11.9. The van der Waals surface area contributed by atoms with Gasteiger partial charge in [0.15, 0.2) is 5.79 Å². The van der Waals surface area contributed by atoms with E-state index >= 15 is 0 Å². The smallest absolute Gasteiger partial charge is 0.169 e. The first kappa shape index (κ1) is 16.6. The fourth-order valence-corrected chi connectivity index (χ4v) is 5.06. The zero-order chi connectivity index (χ0) is 16.5. The normalized spacial score (nSPS) is 30.3. The number of benzene rings is 1. The second-order valence-electron chi connectivity index (χ2n) is 7.92. The summed E-state index contributed by atoms with van der Waals surface area (Å²) in [5, 5.41) is 11.9. The summed E-state index contributed by atoms with van der Waals surface area (Å²) in [6.07, 6.45) is 11.2. The van der Waals surface area contributed by atoms with Crippen molar-refractivity contribution in [2.24, 2.45) is 5.92 Å². The predicted octanol–water partition coefficient (Wildman–Crippen LogP) is 4.53. The van der Waals surface area contributed by atoms with Gasteiger partial charge in [0.2, 0.25) is 0 Å². The molecule has 132 valence electrons. The topological polar surface area (TPSA) is 38.7 Å². The summed E-state index contributed by atoms with van der Waals surface area (Å²) in [6.45, 7) is 0.516. The first-order chi connectivity index (χ1) is 11.7. The molecular formula is C21H30O3. The van der Waals surface area contributed by atoms with Crippen LogP contribution in [0.2, 0.25) is 0 Å². The van der Waals surface area contributed by atoms with Crippen LogP contribution in [-0.4, -0.2) is 23.6 Å². The van der Waals surface area contributed by atoms with Crippen LogP contribution in [0.1, 0.15) is 69.8 Å². The van der Waals surface area contributed by atoms with E-state index in [2.05, 4.69) is 12.1 Å². The molecule has 3 heteroatoms. The third kappa shape index (κ3) is 2.91. The molecule has 3 nitrogen and oxygen atoms in total.